The van der Waals surface area contributed by atoms with Crippen molar-refractivity contribution in [3.05, 3.63) is 47.4 Å². The van der Waals surface area contributed by atoms with Gasteiger partial charge in [0.15, 0.2) is 0 Å². The number of nitrogens with one attached hydrogen (secondary N) is 3. The number of nitrogens with zero attached hydrogens (tertiary/aromatic N) is 5. The van der Waals surface area contributed by atoms with E-state index in [-0.39, 0.29) is 39.9 Å². The maximum atomic E-state index is 15.3. The molecule has 4 rings (SSSR count). The van der Waals surface area contributed by atoms with Crippen LogP contribution in [-0.4, -0.2) is 55.5 Å². The number of hydrogen-bond donors (Lipinski definition) is 3. The number of urea groups is 1. The van der Waals surface area contributed by atoms with E-state index in [9.17, 15) is 9.59 Å². The summed E-state index contributed by atoms with van der Waals surface area (Å²) in [5, 5.41) is 18.9. The number of tetrazole rings is 1. The van der Waals surface area contributed by atoms with E-state index in [2.05, 4.69) is 57.0 Å². The first-order chi connectivity index (χ1) is 16.6. The number of likely N-dealkylation sites (tertiary alicyclic amines) is 1. The van der Waals surface area contributed by atoms with E-state index in [1.54, 1.807) is 23.2 Å². The molecule has 184 valence electrons. The summed E-state index contributed by atoms with van der Waals surface area (Å²) in [5.74, 6) is -0.725. The molecule has 0 aliphatic carbocycles. The number of H-pyrrole nitrogens is 1. The van der Waals surface area contributed by atoms with Gasteiger partial charge in [-0.25, -0.2) is 14.2 Å². The Morgan fingerprint density at radius 3 is 2.49 bits per heavy atom. The van der Waals surface area contributed by atoms with Crippen LogP contribution in [0.15, 0.2) is 30.5 Å². The Labute approximate surface area is 202 Å². The predicted octanol–water partition coefficient (Wildman–Crippen LogP) is 4.25. The minimum atomic E-state index is -0.835. The monoisotopic (exact) mass is 480 g/mol. The summed E-state index contributed by atoms with van der Waals surface area (Å²) in [6.07, 6.45) is 3.41. The van der Waals surface area contributed by atoms with E-state index >= 15 is 4.39 Å². The Kier molecular flexibility index (Phi) is 6.77. The highest BCUT2D eigenvalue weighted by molar-refractivity contribution is 6.08. The number of rotatable bonds is 4. The molecule has 1 aromatic carbocycles. The highest BCUT2D eigenvalue weighted by Gasteiger charge is 2.31. The second-order valence-corrected chi connectivity index (χ2v) is 9.85. The molecule has 0 unspecified atom stereocenters. The number of piperidine rings is 1. The van der Waals surface area contributed by atoms with Crippen LogP contribution >= 0.6 is 0 Å². The molecule has 3 amide bonds. The molecule has 0 bridgehead atoms. The van der Waals surface area contributed by atoms with Gasteiger partial charge in [-0.3, -0.25) is 4.79 Å². The number of carbonyl (C=O) groups excluding carboxylic acids is 2. The zero-order valence-corrected chi connectivity index (χ0v) is 20.2. The van der Waals surface area contributed by atoms with Gasteiger partial charge in [0, 0.05) is 30.5 Å². The summed E-state index contributed by atoms with van der Waals surface area (Å²) in [6, 6.07) is 5.65. The maximum Gasteiger partial charge on any atom is 0.321 e. The van der Waals surface area contributed by atoms with Gasteiger partial charge in [-0.15, -0.1) is 10.2 Å². The van der Waals surface area contributed by atoms with Crippen LogP contribution < -0.4 is 10.6 Å². The second kappa shape index (κ2) is 9.77. The molecule has 35 heavy (non-hydrogen) atoms. The molecule has 10 nitrogen and oxygen atoms in total. The van der Waals surface area contributed by atoms with Crippen LogP contribution in [0.5, 0.6) is 0 Å². The van der Waals surface area contributed by atoms with E-state index in [0.717, 1.165) is 24.5 Å². The van der Waals surface area contributed by atoms with Crippen molar-refractivity contribution >= 4 is 23.4 Å². The molecule has 0 saturated carbocycles. The van der Waals surface area contributed by atoms with Crippen molar-refractivity contribution in [1.82, 2.24) is 30.5 Å². The van der Waals surface area contributed by atoms with Gasteiger partial charge in [-0.2, -0.15) is 5.21 Å². The van der Waals surface area contributed by atoms with E-state index in [1.807, 2.05) is 6.92 Å². The van der Waals surface area contributed by atoms with E-state index < -0.39 is 11.7 Å². The fourth-order valence-corrected chi connectivity index (χ4v) is 4.23. The number of halogens is 1. The number of carbonyl (C=O) groups is 2. The summed E-state index contributed by atoms with van der Waals surface area (Å²) in [5.41, 5.74) is 1.11. The Morgan fingerprint density at radius 2 is 1.89 bits per heavy atom. The van der Waals surface area contributed by atoms with Crippen LogP contribution in [-0.2, 0) is 0 Å². The molecule has 2 aromatic heterocycles. The summed E-state index contributed by atoms with van der Waals surface area (Å²) in [7, 11) is 0. The lowest BCUT2D eigenvalue weighted by atomic mass is 9.75. The van der Waals surface area contributed by atoms with Crippen molar-refractivity contribution in [1.29, 1.82) is 0 Å². The average molecular weight is 481 g/mol. The Morgan fingerprint density at radius 1 is 1.14 bits per heavy atom. The Bertz CT molecular complexity index is 1200. The third kappa shape index (κ3) is 5.61. The van der Waals surface area contributed by atoms with Crippen LogP contribution in [0.1, 0.15) is 49.5 Å². The third-order valence-electron chi connectivity index (χ3n) is 6.31. The molecule has 1 aliphatic heterocycles. The Balaban J connectivity index is 1.55. The van der Waals surface area contributed by atoms with Gasteiger partial charge < -0.3 is 15.5 Å². The lowest BCUT2D eigenvalue weighted by molar-refractivity contribution is 0.102. The van der Waals surface area contributed by atoms with Gasteiger partial charge in [0.05, 0.1) is 5.56 Å². The molecule has 0 radical (unpaired) electrons. The van der Waals surface area contributed by atoms with Crippen LogP contribution in [0.4, 0.5) is 20.7 Å². The number of amides is 3. The van der Waals surface area contributed by atoms with Gasteiger partial charge >= 0.3 is 6.03 Å². The fraction of sp³-hybridized carbons (Fsp3) is 0.417. The zero-order chi connectivity index (χ0) is 25.2. The van der Waals surface area contributed by atoms with E-state index in [1.165, 1.54) is 6.07 Å². The van der Waals surface area contributed by atoms with Crippen LogP contribution in [0.2, 0.25) is 0 Å². The van der Waals surface area contributed by atoms with Gasteiger partial charge in [-0.05, 0) is 60.1 Å². The van der Waals surface area contributed by atoms with E-state index in [0.29, 0.717) is 19.0 Å². The Hall–Kier alpha value is -3.89. The average Bonchev–Trinajstić information content (AvgIpc) is 3.34. The van der Waals surface area contributed by atoms with Crippen molar-refractivity contribution in [2.45, 2.75) is 40.5 Å². The molecule has 11 heteroatoms. The summed E-state index contributed by atoms with van der Waals surface area (Å²) < 4.78 is 15.3. The largest absolute Gasteiger partial charge is 0.325 e. The van der Waals surface area contributed by atoms with Crippen LogP contribution in [0.3, 0.4) is 0 Å². The fourth-order valence-electron chi connectivity index (χ4n) is 4.23. The first-order valence-electron chi connectivity index (χ1n) is 11.5. The molecular formula is C24H29FN8O2. The minimum absolute atomic E-state index is 0.0213. The van der Waals surface area contributed by atoms with Gasteiger partial charge in [0.2, 0.25) is 5.82 Å². The first-order valence-corrected chi connectivity index (χ1v) is 11.5. The van der Waals surface area contributed by atoms with E-state index in [4.69, 9.17) is 0 Å². The first kappa shape index (κ1) is 24.2. The second-order valence-electron chi connectivity index (χ2n) is 9.85. The van der Waals surface area contributed by atoms with Crippen LogP contribution in [0, 0.1) is 24.1 Å². The van der Waals surface area contributed by atoms with Crippen molar-refractivity contribution in [2.24, 2.45) is 11.3 Å². The quantitative estimate of drug-likeness (QED) is 0.512. The zero-order valence-electron chi connectivity index (χ0n) is 20.2. The molecule has 3 aromatic rings. The third-order valence-corrected chi connectivity index (χ3v) is 6.31. The number of pyridine rings is 1. The molecule has 1 aliphatic rings. The molecule has 3 N–H and O–H groups in total. The van der Waals surface area contributed by atoms with Crippen molar-refractivity contribution in [3.8, 4) is 11.4 Å². The van der Waals surface area contributed by atoms with Gasteiger partial charge in [0.1, 0.15) is 11.6 Å². The lowest BCUT2D eigenvalue weighted by Gasteiger charge is -2.38. The van der Waals surface area contributed by atoms with Crippen molar-refractivity contribution in [2.75, 3.05) is 23.7 Å². The van der Waals surface area contributed by atoms with Crippen molar-refractivity contribution < 1.29 is 14.0 Å². The number of anilines is 2. The number of aromatic nitrogens is 5. The smallest absolute Gasteiger partial charge is 0.321 e. The van der Waals surface area contributed by atoms with Crippen LogP contribution in [0.25, 0.3) is 11.4 Å². The summed E-state index contributed by atoms with van der Waals surface area (Å²) >= 11 is 0. The highest BCUT2D eigenvalue weighted by atomic mass is 19.1. The predicted molar refractivity (Wildman–Crippen MR) is 129 cm³/mol. The van der Waals surface area contributed by atoms with Crippen molar-refractivity contribution in [3.63, 3.8) is 0 Å². The molecule has 3 heterocycles. The molecule has 1 saturated heterocycles. The minimum Gasteiger partial charge on any atom is -0.325 e. The summed E-state index contributed by atoms with van der Waals surface area (Å²) in [6.45, 7) is 9.75. The molecular weight excluding hydrogens is 451 g/mol. The number of aryl methyl sites for hydroxylation is 1. The normalized spacial score (nSPS) is 14.6. The summed E-state index contributed by atoms with van der Waals surface area (Å²) in [4.78, 5) is 31.7. The SMILES string of the molecule is Cc1ccc(NC(=O)c2c(F)cc(NC(=O)N3CCC(C(C)(C)C)CC3)cc2-c2nn[nH]n2)nc1. The number of benzene rings is 1. The lowest BCUT2D eigenvalue weighted by Crippen LogP contribution is -2.43. The molecule has 0 spiro atoms. The topological polar surface area (TPSA) is 129 Å². The molecule has 1 fully saturated rings. The molecule has 0 atom stereocenters. The highest BCUT2D eigenvalue weighted by Crippen LogP contribution is 2.34. The van der Waals surface area contributed by atoms with Gasteiger partial charge in [0.25, 0.3) is 5.91 Å². The number of hydrogen-bond acceptors (Lipinski definition) is 6. The standard InChI is InChI=1S/C24H29FN8O2/c1-14-5-6-19(26-13-14)28-22(34)20-17(21-29-31-32-30-21)11-16(12-18(20)25)27-23(35)33-9-7-15(8-10-33)24(2,3)4/h5-6,11-13,15H,7-10H2,1-4H3,(H,27,35)(H,26,28,34)(H,29,30,31,32). The number of aromatic amines is 1. The maximum absolute atomic E-state index is 15.3. The van der Waals surface area contributed by atoms with Gasteiger partial charge in [-0.1, -0.05) is 26.8 Å².